The summed E-state index contributed by atoms with van der Waals surface area (Å²) in [6, 6.07) is -0.336. The summed E-state index contributed by atoms with van der Waals surface area (Å²) in [6.07, 6.45) is 4.16. The molecule has 0 aliphatic carbocycles. The molecule has 0 fully saturated rings. The lowest BCUT2D eigenvalue weighted by Gasteiger charge is -2.13. The highest BCUT2D eigenvalue weighted by Crippen LogP contribution is 2.02. The van der Waals surface area contributed by atoms with Gasteiger partial charge in [0.1, 0.15) is 0 Å². The van der Waals surface area contributed by atoms with Gasteiger partial charge in [0.15, 0.2) is 0 Å². The van der Waals surface area contributed by atoms with Crippen LogP contribution < -0.4 is 11.1 Å². The standard InChI is InChI=1S/C11H24N2O/c1-4-5-6-7-13-11(14)10(12)8-9(2)3/h9-10H,4-8,12H2,1-3H3,(H,13,14). The first-order valence-electron chi connectivity index (χ1n) is 5.61. The van der Waals surface area contributed by atoms with E-state index < -0.39 is 0 Å². The van der Waals surface area contributed by atoms with Crippen LogP contribution in [0.25, 0.3) is 0 Å². The number of nitrogens with one attached hydrogen (secondary N) is 1. The van der Waals surface area contributed by atoms with Crippen molar-refractivity contribution in [2.75, 3.05) is 6.54 Å². The number of unbranched alkanes of at least 4 members (excludes halogenated alkanes) is 2. The fraction of sp³-hybridized carbons (Fsp3) is 0.909. The SMILES string of the molecule is CCCCCNC(=O)C(N)CC(C)C. The van der Waals surface area contributed by atoms with Crippen LogP contribution in [-0.4, -0.2) is 18.5 Å². The van der Waals surface area contributed by atoms with Gasteiger partial charge in [-0.25, -0.2) is 0 Å². The maximum Gasteiger partial charge on any atom is 0.236 e. The van der Waals surface area contributed by atoms with Gasteiger partial charge in [0.25, 0.3) is 0 Å². The Morgan fingerprint density at radius 2 is 2.00 bits per heavy atom. The van der Waals surface area contributed by atoms with Crippen LogP contribution in [0.2, 0.25) is 0 Å². The predicted molar refractivity (Wildman–Crippen MR) is 60.0 cm³/mol. The average Bonchev–Trinajstić information content (AvgIpc) is 2.11. The van der Waals surface area contributed by atoms with Gasteiger partial charge in [-0.3, -0.25) is 4.79 Å². The van der Waals surface area contributed by atoms with Crippen molar-refractivity contribution in [1.82, 2.24) is 5.32 Å². The van der Waals surface area contributed by atoms with Gasteiger partial charge >= 0.3 is 0 Å². The molecule has 0 heterocycles. The van der Waals surface area contributed by atoms with Gasteiger partial charge in [0.05, 0.1) is 6.04 Å². The highest BCUT2D eigenvalue weighted by molar-refractivity contribution is 5.81. The van der Waals surface area contributed by atoms with Crippen LogP contribution in [0, 0.1) is 5.92 Å². The molecule has 14 heavy (non-hydrogen) atoms. The van der Waals surface area contributed by atoms with Gasteiger partial charge < -0.3 is 11.1 Å². The summed E-state index contributed by atoms with van der Waals surface area (Å²) in [5.74, 6) is 0.473. The summed E-state index contributed by atoms with van der Waals surface area (Å²) < 4.78 is 0. The molecule has 3 N–H and O–H groups in total. The Morgan fingerprint density at radius 3 is 2.50 bits per heavy atom. The minimum Gasteiger partial charge on any atom is -0.355 e. The first kappa shape index (κ1) is 13.4. The Hall–Kier alpha value is -0.570. The minimum absolute atomic E-state index is 0.00481. The van der Waals surface area contributed by atoms with Crippen molar-refractivity contribution in [2.24, 2.45) is 11.7 Å². The number of carbonyl (C=O) groups excluding carboxylic acids is 1. The zero-order valence-electron chi connectivity index (χ0n) is 9.68. The van der Waals surface area contributed by atoms with Crippen LogP contribution in [-0.2, 0) is 4.79 Å². The molecule has 0 saturated carbocycles. The molecule has 0 aliphatic heterocycles. The highest BCUT2D eigenvalue weighted by Gasteiger charge is 2.13. The summed E-state index contributed by atoms with van der Waals surface area (Å²) >= 11 is 0. The van der Waals surface area contributed by atoms with Crippen molar-refractivity contribution in [1.29, 1.82) is 0 Å². The molecule has 0 bridgehead atoms. The largest absolute Gasteiger partial charge is 0.355 e. The lowest BCUT2D eigenvalue weighted by Crippen LogP contribution is -2.41. The summed E-state index contributed by atoms with van der Waals surface area (Å²) in [4.78, 5) is 11.4. The van der Waals surface area contributed by atoms with Crippen molar-refractivity contribution in [3.05, 3.63) is 0 Å². The summed E-state index contributed by atoms with van der Waals surface area (Å²) in [6.45, 7) is 7.05. The monoisotopic (exact) mass is 200 g/mol. The van der Waals surface area contributed by atoms with Gasteiger partial charge in [-0.15, -0.1) is 0 Å². The van der Waals surface area contributed by atoms with Gasteiger partial charge in [0.2, 0.25) is 5.91 Å². The van der Waals surface area contributed by atoms with Crippen molar-refractivity contribution >= 4 is 5.91 Å². The first-order valence-corrected chi connectivity index (χ1v) is 5.61. The zero-order chi connectivity index (χ0) is 11.0. The van der Waals surface area contributed by atoms with E-state index in [1.54, 1.807) is 0 Å². The van der Waals surface area contributed by atoms with Crippen LogP contribution in [0.1, 0.15) is 46.5 Å². The van der Waals surface area contributed by atoms with Crippen LogP contribution in [0.5, 0.6) is 0 Å². The normalized spacial score (nSPS) is 12.9. The molecular weight excluding hydrogens is 176 g/mol. The van der Waals surface area contributed by atoms with Crippen LogP contribution >= 0.6 is 0 Å². The Labute approximate surface area is 87.4 Å². The van der Waals surface area contributed by atoms with E-state index in [0.717, 1.165) is 19.4 Å². The van der Waals surface area contributed by atoms with E-state index in [4.69, 9.17) is 5.73 Å². The van der Waals surface area contributed by atoms with E-state index in [-0.39, 0.29) is 11.9 Å². The maximum atomic E-state index is 11.4. The van der Waals surface area contributed by atoms with E-state index in [0.29, 0.717) is 5.92 Å². The van der Waals surface area contributed by atoms with Gasteiger partial charge in [-0.05, 0) is 18.8 Å². The smallest absolute Gasteiger partial charge is 0.236 e. The van der Waals surface area contributed by atoms with Crippen molar-refractivity contribution < 1.29 is 4.79 Å². The van der Waals surface area contributed by atoms with Gasteiger partial charge in [0, 0.05) is 6.54 Å². The quantitative estimate of drug-likeness (QED) is 0.614. The molecule has 0 radical (unpaired) electrons. The molecule has 0 aliphatic rings. The van der Waals surface area contributed by atoms with Gasteiger partial charge in [-0.1, -0.05) is 33.6 Å². The maximum absolute atomic E-state index is 11.4. The minimum atomic E-state index is -0.336. The summed E-state index contributed by atoms with van der Waals surface area (Å²) in [7, 11) is 0. The Bertz CT molecular complexity index is 157. The summed E-state index contributed by atoms with van der Waals surface area (Å²) in [5.41, 5.74) is 5.72. The van der Waals surface area contributed by atoms with Crippen LogP contribution in [0.15, 0.2) is 0 Å². The lowest BCUT2D eigenvalue weighted by molar-refractivity contribution is -0.122. The molecule has 1 amide bonds. The van der Waals surface area contributed by atoms with Crippen molar-refractivity contribution in [2.45, 2.75) is 52.5 Å². The molecule has 84 valence electrons. The highest BCUT2D eigenvalue weighted by atomic mass is 16.2. The second kappa shape index (κ2) is 7.80. The molecule has 0 aromatic rings. The third-order valence-corrected chi connectivity index (χ3v) is 2.14. The van der Waals surface area contributed by atoms with Crippen molar-refractivity contribution in [3.8, 4) is 0 Å². The molecule has 0 aromatic heterocycles. The third kappa shape index (κ3) is 6.89. The van der Waals surface area contributed by atoms with Crippen LogP contribution in [0.3, 0.4) is 0 Å². The van der Waals surface area contributed by atoms with E-state index in [1.165, 1.54) is 12.8 Å². The number of nitrogens with two attached hydrogens (primary N) is 1. The molecule has 0 aromatic carbocycles. The molecule has 0 rings (SSSR count). The number of hydrogen-bond donors (Lipinski definition) is 2. The Balaban J connectivity index is 3.52. The zero-order valence-corrected chi connectivity index (χ0v) is 9.68. The molecule has 3 nitrogen and oxygen atoms in total. The second-order valence-corrected chi connectivity index (χ2v) is 4.23. The van der Waals surface area contributed by atoms with E-state index >= 15 is 0 Å². The molecule has 3 heteroatoms. The van der Waals surface area contributed by atoms with Gasteiger partial charge in [-0.2, -0.15) is 0 Å². The molecule has 1 atom stereocenters. The topological polar surface area (TPSA) is 55.1 Å². The van der Waals surface area contributed by atoms with E-state index in [2.05, 4.69) is 26.1 Å². The number of hydrogen-bond acceptors (Lipinski definition) is 2. The first-order chi connectivity index (χ1) is 6.57. The second-order valence-electron chi connectivity index (χ2n) is 4.23. The fourth-order valence-electron chi connectivity index (χ4n) is 1.33. The predicted octanol–water partition coefficient (Wildman–Crippen LogP) is 1.67. The number of carbonyl (C=O) groups is 1. The average molecular weight is 200 g/mol. The summed E-state index contributed by atoms with van der Waals surface area (Å²) in [5, 5.41) is 2.86. The number of rotatable bonds is 7. The fourth-order valence-corrected chi connectivity index (χ4v) is 1.33. The molecule has 1 unspecified atom stereocenters. The Kier molecular flexibility index (Phi) is 7.48. The lowest BCUT2D eigenvalue weighted by atomic mass is 10.0. The molecule has 0 spiro atoms. The molecular formula is C11H24N2O. The van der Waals surface area contributed by atoms with E-state index in [1.807, 2.05) is 0 Å². The van der Waals surface area contributed by atoms with E-state index in [9.17, 15) is 4.79 Å². The molecule has 0 saturated heterocycles. The third-order valence-electron chi connectivity index (χ3n) is 2.14. The number of amides is 1. The van der Waals surface area contributed by atoms with Crippen molar-refractivity contribution in [3.63, 3.8) is 0 Å². The van der Waals surface area contributed by atoms with Crippen LogP contribution in [0.4, 0.5) is 0 Å². The Morgan fingerprint density at radius 1 is 1.36 bits per heavy atom.